The second-order valence-corrected chi connectivity index (χ2v) is 9.80. The van der Waals surface area contributed by atoms with Crippen molar-refractivity contribution in [1.82, 2.24) is 19.5 Å². The number of fused-ring (bicyclic) bond motifs is 1. The molecule has 204 valence electrons. The molecule has 9 N–H and O–H groups in total. The Morgan fingerprint density at radius 1 is 1.08 bits per heavy atom. The molecule has 2 aromatic heterocycles. The van der Waals surface area contributed by atoms with Crippen LogP contribution in [0.2, 0.25) is 0 Å². The number of nitrogens with two attached hydrogens (primary N) is 1. The van der Waals surface area contributed by atoms with Crippen molar-refractivity contribution in [3.8, 4) is 0 Å². The second-order valence-electron chi connectivity index (χ2n) is 7.42. The summed E-state index contributed by atoms with van der Waals surface area (Å²) >= 11 is 0. The predicted molar refractivity (Wildman–Crippen MR) is 113 cm³/mol. The molecule has 1 saturated heterocycles. The van der Waals surface area contributed by atoms with Crippen LogP contribution in [0.5, 0.6) is 0 Å². The summed E-state index contributed by atoms with van der Waals surface area (Å²) in [5.41, 5.74) is 6.40. The van der Waals surface area contributed by atoms with Crippen LogP contribution in [0.1, 0.15) is 0 Å². The number of rotatable bonds is 12. The van der Waals surface area contributed by atoms with Crippen LogP contribution in [0, 0.1) is 0 Å². The number of phosphoric acid groups is 2. The van der Waals surface area contributed by atoms with Crippen LogP contribution < -0.4 is 5.73 Å². The van der Waals surface area contributed by atoms with Gasteiger partial charge in [-0.2, -0.15) is 0 Å². The lowest BCUT2D eigenvalue weighted by Crippen LogP contribution is -2.60. The molecule has 1 aliphatic rings. The number of imidazole rings is 1. The summed E-state index contributed by atoms with van der Waals surface area (Å²) < 4.78 is 49.2. The predicted octanol–water partition coefficient (Wildman–Crippen LogP) is -3.21. The molecular weight excluding hydrogens is 536 g/mol. The van der Waals surface area contributed by atoms with Crippen LogP contribution in [0.15, 0.2) is 12.7 Å². The molecule has 0 saturated carbocycles. The fraction of sp³-hybridized carbons (Fsp3) is 0.667. The molecule has 21 heteroatoms. The lowest BCUT2D eigenvalue weighted by Gasteiger charge is -2.43. The number of nitrogen functional groups attached to an aromatic ring is 1. The zero-order chi connectivity index (χ0) is 26.7. The minimum atomic E-state index is -5.32. The van der Waals surface area contributed by atoms with Crippen LogP contribution in [-0.2, 0) is 39.1 Å². The number of phosphoric ester groups is 2. The van der Waals surface area contributed by atoms with Gasteiger partial charge in [0.25, 0.3) is 0 Å². The van der Waals surface area contributed by atoms with Crippen LogP contribution >= 0.6 is 15.6 Å². The SMILES string of the molecule is Nc1ncnc2c1ncn2CO[C@H](CO)CO[C@H]1O[C@H](CO)[C@@H](OP(=O)(O)O)[C@H](OP(=O)(O)O)[C@H]1O. The summed E-state index contributed by atoms with van der Waals surface area (Å²) in [5, 5.41) is 29.7. The van der Waals surface area contributed by atoms with Crippen molar-refractivity contribution < 1.29 is 67.3 Å². The molecule has 0 aromatic carbocycles. The molecule has 6 atom stereocenters. The van der Waals surface area contributed by atoms with Gasteiger partial charge in [0.05, 0.1) is 26.1 Å². The minimum absolute atomic E-state index is 0.149. The summed E-state index contributed by atoms with van der Waals surface area (Å²) in [6.07, 6.45) is -7.97. The number of nitrogens with zero attached hydrogens (tertiary/aromatic N) is 4. The lowest BCUT2D eigenvalue weighted by molar-refractivity contribution is -0.301. The molecule has 19 nitrogen and oxygen atoms in total. The van der Waals surface area contributed by atoms with Crippen LogP contribution in [0.4, 0.5) is 5.82 Å². The molecule has 0 aliphatic carbocycles. The van der Waals surface area contributed by atoms with Crippen LogP contribution in [0.25, 0.3) is 11.2 Å². The molecule has 0 bridgehead atoms. The first-order valence-electron chi connectivity index (χ1n) is 10.0. The van der Waals surface area contributed by atoms with Gasteiger partial charge in [0.2, 0.25) is 0 Å². The largest absolute Gasteiger partial charge is 0.470 e. The summed E-state index contributed by atoms with van der Waals surface area (Å²) in [5.74, 6) is 0.149. The minimum Gasteiger partial charge on any atom is -0.394 e. The highest BCUT2D eigenvalue weighted by atomic mass is 31.2. The zero-order valence-electron chi connectivity index (χ0n) is 18.2. The first kappa shape index (κ1) is 28.9. The lowest BCUT2D eigenvalue weighted by atomic mass is 9.99. The molecule has 3 heterocycles. The maximum absolute atomic E-state index is 11.4. The Balaban J connectivity index is 1.68. The molecule has 2 aromatic rings. The van der Waals surface area contributed by atoms with Crippen molar-refractivity contribution in [2.24, 2.45) is 0 Å². The number of ether oxygens (including phenoxy) is 3. The topological polar surface area (TPSA) is 292 Å². The van der Waals surface area contributed by atoms with E-state index in [1.807, 2.05) is 0 Å². The number of aromatic nitrogens is 4. The Bertz CT molecular complexity index is 1110. The molecular formula is C15H25N5O14P2. The molecule has 0 spiro atoms. The summed E-state index contributed by atoms with van der Waals surface area (Å²) in [6, 6.07) is 0. The maximum atomic E-state index is 11.4. The van der Waals surface area contributed by atoms with Gasteiger partial charge in [-0.1, -0.05) is 0 Å². The molecule has 36 heavy (non-hydrogen) atoms. The van der Waals surface area contributed by atoms with Gasteiger partial charge in [-0.15, -0.1) is 0 Å². The smallest absolute Gasteiger partial charge is 0.394 e. The van der Waals surface area contributed by atoms with Crippen LogP contribution in [-0.4, -0.2) is 111 Å². The van der Waals surface area contributed by atoms with E-state index in [4.69, 9.17) is 39.5 Å². The highest BCUT2D eigenvalue weighted by molar-refractivity contribution is 7.46. The van der Waals surface area contributed by atoms with Gasteiger partial charge in [-0.25, -0.2) is 24.1 Å². The van der Waals surface area contributed by atoms with Crippen molar-refractivity contribution in [2.45, 2.75) is 43.5 Å². The van der Waals surface area contributed by atoms with Gasteiger partial charge in [0.15, 0.2) is 17.8 Å². The van der Waals surface area contributed by atoms with Gasteiger partial charge in [-0.05, 0) is 0 Å². The fourth-order valence-electron chi connectivity index (χ4n) is 3.28. The summed E-state index contributed by atoms with van der Waals surface area (Å²) in [7, 11) is -10.6. The molecule has 0 radical (unpaired) electrons. The Morgan fingerprint density at radius 2 is 1.75 bits per heavy atom. The third-order valence-electron chi connectivity index (χ3n) is 4.84. The third-order valence-corrected chi connectivity index (χ3v) is 5.88. The molecule has 1 aliphatic heterocycles. The number of aliphatic hydroxyl groups excluding tert-OH is 3. The van der Waals surface area contributed by atoms with Gasteiger partial charge in [0, 0.05) is 0 Å². The van der Waals surface area contributed by atoms with Gasteiger partial charge in [-0.3, -0.25) is 13.6 Å². The second kappa shape index (κ2) is 11.8. The zero-order valence-corrected chi connectivity index (χ0v) is 20.0. The average Bonchev–Trinajstić information content (AvgIpc) is 3.20. The molecule has 0 amide bonds. The van der Waals surface area contributed by atoms with Gasteiger partial charge in [0.1, 0.15) is 49.1 Å². The summed E-state index contributed by atoms with van der Waals surface area (Å²) in [6.45, 7) is -2.16. The van der Waals surface area contributed by atoms with Crippen molar-refractivity contribution in [1.29, 1.82) is 0 Å². The number of aliphatic hydroxyl groups is 3. The van der Waals surface area contributed by atoms with E-state index < -0.39 is 72.3 Å². The fourth-order valence-corrected chi connectivity index (χ4v) is 4.41. The third kappa shape index (κ3) is 7.44. The normalized spacial score (nSPS) is 26.4. The standard InChI is InChI=1S/C15H25N5O14P2/c16-13-9-14(18-4-17-13)20(5-19-9)6-31-7(1-21)3-30-15-10(23)12(34-36(27,28)29)11(8(2-22)32-15)33-35(24,25)26/h4-5,7-8,10-12,15,21-23H,1-3,6H2,(H2,16,17,18)(H2,24,25,26)(H2,27,28,29)/t7-,8-,10-,11-,12-,15+/m1/s1. The van der Waals surface area contributed by atoms with E-state index in [9.17, 15) is 24.4 Å². The highest BCUT2D eigenvalue weighted by Crippen LogP contribution is 2.46. The van der Waals surface area contributed by atoms with E-state index in [2.05, 4.69) is 24.0 Å². The number of hydrogen-bond donors (Lipinski definition) is 8. The Kier molecular flexibility index (Phi) is 9.47. The molecule has 0 unspecified atom stereocenters. The monoisotopic (exact) mass is 561 g/mol. The van der Waals surface area contributed by atoms with Crippen LogP contribution in [0.3, 0.4) is 0 Å². The van der Waals surface area contributed by atoms with E-state index in [1.165, 1.54) is 17.2 Å². The van der Waals surface area contributed by atoms with E-state index >= 15 is 0 Å². The molecule has 1 fully saturated rings. The Hall–Kier alpha value is -1.67. The van der Waals surface area contributed by atoms with Crippen molar-refractivity contribution in [3.63, 3.8) is 0 Å². The van der Waals surface area contributed by atoms with Crippen molar-refractivity contribution in [3.05, 3.63) is 12.7 Å². The van der Waals surface area contributed by atoms with Gasteiger partial charge < -0.3 is 54.8 Å². The average molecular weight is 561 g/mol. The first-order valence-corrected chi connectivity index (χ1v) is 13.1. The Morgan fingerprint density at radius 3 is 2.36 bits per heavy atom. The highest BCUT2D eigenvalue weighted by Gasteiger charge is 2.51. The van der Waals surface area contributed by atoms with Gasteiger partial charge >= 0.3 is 15.6 Å². The quantitative estimate of drug-likeness (QED) is 0.118. The summed E-state index contributed by atoms with van der Waals surface area (Å²) in [4.78, 5) is 48.4. The van der Waals surface area contributed by atoms with Crippen molar-refractivity contribution >= 4 is 32.6 Å². The Labute approximate surface area is 201 Å². The van der Waals surface area contributed by atoms with E-state index in [0.717, 1.165) is 0 Å². The van der Waals surface area contributed by atoms with E-state index in [0.29, 0.717) is 11.2 Å². The van der Waals surface area contributed by atoms with E-state index in [1.54, 1.807) is 0 Å². The van der Waals surface area contributed by atoms with E-state index in [-0.39, 0.29) is 12.5 Å². The first-order chi connectivity index (χ1) is 16.8. The maximum Gasteiger partial charge on any atom is 0.470 e. The van der Waals surface area contributed by atoms with Crippen molar-refractivity contribution in [2.75, 3.05) is 25.6 Å². The number of anilines is 1. The molecule has 3 rings (SSSR count). The number of hydrogen-bond acceptors (Lipinski definition) is 14.